The second-order valence-electron chi connectivity index (χ2n) is 18.5. The average Bonchev–Trinajstić information content (AvgIpc) is 3.45. The van der Waals surface area contributed by atoms with Crippen molar-refractivity contribution >= 4 is 70.2 Å². The maximum atomic E-state index is 3.85. The van der Waals surface area contributed by atoms with Gasteiger partial charge in [-0.3, -0.25) is 0 Å². The van der Waals surface area contributed by atoms with Crippen molar-refractivity contribution in [2.45, 2.75) is 34.6 Å². The highest BCUT2D eigenvalue weighted by Crippen LogP contribution is 2.47. The average molecular weight is 937 g/mol. The van der Waals surface area contributed by atoms with Crippen LogP contribution in [0, 0.1) is 0 Å². The van der Waals surface area contributed by atoms with Crippen molar-refractivity contribution in [3.8, 4) is 44.5 Å². The van der Waals surface area contributed by atoms with E-state index in [2.05, 4.69) is 282 Å². The van der Waals surface area contributed by atoms with Crippen molar-refractivity contribution in [1.82, 2.24) is 0 Å². The lowest BCUT2D eigenvalue weighted by molar-refractivity contribution is 1.42. The third-order valence-corrected chi connectivity index (χ3v) is 14.0. The first-order valence-electron chi connectivity index (χ1n) is 25.6. The second kappa shape index (κ2) is 21.7. The maximum Gasteiger partial charge on any atom is -0.00201 e. The summed E-state index contributed by atoms with van der Waals surface area (Å²) < 4.78 is 0. The van der Waals surface area contributed by atoms with Crippen molar-refractivity contribution < 1.29 is 0 Å². The summed E-state index contributed by atoms with van der Waals surface area (Å²) in [6.07, 6.45) is 8.18. The van der Waals surface area contributed by atoms with Crippen LogP contribution < -0.4 is 0 Å². The molecule has 12 rings (SSSR count). The van der Waals surface area contributed by atoms with Crippen molar-refractivity contribution in [1.29, 1.82) is 0 Å². The first-order valence-corrected chi connectivity index (χ1v) is 25.6. The number of benzene rings is 12. The first kappa shape index (κ1) is 47.8. The van der Waals surface area contributed by atoms with Crippen LogP contribution in [-0.2, 0) is 0 Å². The molecule has 12 aromatic rings. The lowest BCUT2D eigenvalue weighted by Crippen LogP contribution is -1.92. The molecule has 0 heteroatoms. The normalized spacial score (nSPS) is 11.9. The summed E-state index contributed by atoms with van der Waals surface area (Å²) in [5, 5.41) is 15.2. The molecular weight excluding hydrogens is 877 g/mol. The number of hydrogen-bond acceptors (Lipinski definition) is 0. The van der Waals surface area contributed by atoms with E-state index in [1.807, 2.05) is 19.9 Å². The minimum absolute atomic E-state index is 1.22. The molecule has 0 radical (unpaired) electrons. The molecular formula is C73H60. The SMILES string of the molecule is C=C/C=C(C)/C(=C(C)/C=C\C)c1ccc2cc(-c3ccccc3)ccc2c1.CC.c1ccc2cc(-c3ccc(-c4c5ccccc5c(-c5ccc6ccccc6c5)c5ccccc45)c4ccccc34)ccc2c1. The summed E-state index contributed by atoms with van der Waals surface area (Å²) in [6.45, 7) is 14.2. The van der Waals surface area contributed by atoms with Crippen molar-refractivity contribution in [2.24, 2.45) is 0 Å². The summed E-state index contributed by atoms with van der Waals surface area (Å²) in [5.41, 5.74) is 15.1. The monoisotopic (exact) mass is 936 g/mol. The zero-order valence-corrected chi connectivity index (χ0v) is 42.5. The van der Waals surface area contributed by atoms with Gasteiger partial charge < -0.3 is 0 Å². The summed E-state index contributed by atoms with van der Waals surface area (Å²) in [4.78, 5) is 0. The van der Waals surface area contributed by atoms with Crippen molar-refractivity contribution in [3.63, 3.8) is 0 Å². The second-order valence-corrected chi connectivity index (χ2v) is 18.5. The number of hydrogen-bond donors (Lipinski definition) is 0. The van der Waals surface area contributed by atoms with Crippen molar-refractivity contribution in [3.05, 3.63) is 284 Å². The molecule has 0 aromatic heterocycles. The Kier molecular flexibility index (Phi) is 14.2. The van der Waals surface area contributed by atoms with Crippen LogP contribution in [0.15, 0.2) is 279 Å². The number of fused-ring (bicyclic) bond motifs is 6. The van der Waals surface area contributed by atoms with Crippen LogP contribution in [0.25, 0.3) is 115 Å². The van der Waals surface area contributed by atoms with Gasteiger partial charge in [0.2, 0.25) is 0 Å². The molecule has 0 aliphatic rings. The van der Waals surface area contributed by atoms with Crippen LogP contribution in [0.5, 0.6) is 0 Å². The van der Waals surface area contributed by atoms with E-state index in [0.29, 0.717) is 0 Å². The van der Waals surface area contributed by atoms with Gasteiger partial charge in [-0.25, -0.2) is 0 Å². The van der Waals surface area contributed by atoms with E-state index in [1.54, 1.807) is 0 Å². The van der Waals surface area contributed by atoms with E-state index in [-0.39, 0.29) is 0 Å². The Hall–Kier alpha value is -8.84. The number of rotatable bonds is 8. The van der Waals surface area contributed by atoms with Crippen LogP contribution in [0.1, 0.15) is 40.2 Å². The van der Waals surface area contributed by atoms with Gasteiger partial charge in [0.1, 0.15) is 0 Å². The van der Waals surface area contributed by atoms with E-state index < -0.39 is 0 Å². The lowest BCUT2D eigenvalue weighted by Gasteiger charge is -2.20. The minimum Gasteiger partial charge on any atom is -0.0991 e. The summed E-state index contributed by atoms with van der Waals surface area (Å²) in [7, 11) is 0. The fourth-order valence-electron chi connectivity index (χ4n) is 10.8. The smallest absolute Gasteiger partial charge is 0.00201 e. The molecule has 0 heterocycles. The van der Waals surface area contributed by atoms with E-state index in [1.165, 1.54) is 131 Å². The Bertz CT molecular complexity index is 4030. The first-order chi connectivity index (χ1) is 36.0. The van der Waals surface area contributed by atoms with E-state index in [9.17, 15) is 0 Å². The molecule has 0 aliphatic carbocycles. The third kappa shape index (κ3) is 9.57. The maximum absolute atomic E-state index is 3.85. The highest BCUT2D eigenvalue weighted by atomic mass is 14.2. The summed E-state index contributed by atoms with van der Waals surface area (Å²) in [6, 6.07) is 86.3. The van der Waals surface area contributed by atoms with Gasteiger partial charge >= 0.3 is 0 Å². The van der Waals surface area contributed by atoms with Gasteiger partial charge in [-0.2, -0.15) is 0 Å². The lowest BCUT2D eigenvalue weighted by atomic mass is 9.83. The number of allylic oxidation sites excluding steroid dienone is 7. The fraction of sp³-hybridized carbons (Fsp3) is 0.0685. The molecule has 0 atom stereocenters. The largest absolute Gasteiger partial charge is 0.0991 e. The molecule has 0 nitrogen and oxygen atoms in total. The Morgan fingerprint density at radius 1 is 0.356 bits per heavy atom. The van der Waals surface area contributed by atoms with Gasteiger partial charge in [-0.1, -0.05) is 257 Å². The minimum atomic E-state index is 1.22. The molecule has 0 bridgehead atoms. The zero-order valence-electron chi connectivity index (χ0n) is 42.5. The van der Waals surface area contributed by atoms with Crippen LogP contribution in [0.3, 0.4) is 0 Å². The van der Waals surface area contributed by atoms with Crippen LogP contribution in [0.4, 0.5) is 0 Å². The zero-order chi connectivity index (χ0) is 50.3. The van der Waals surface area contributed by atoms with E-state index in [0.717, 1.165) is 0 Å². The molecule has 0 N–H and O–H groups in total. The molecule has 0 amide bonds. The molecule has 12 aromatic carbocycles. The predicted molar refractivity (Wildman–Crippen MR) is 322 cm³/mol. The van der Waals surface area contributed by atoms with Gasteiger partial charge in [-0.05, 0) is 176 Å². The Balaban J connectivity index is 0.000000182. The van der Waals surface area contributed by atoms with Crippen molar-refractivity contribution in [2.75, 3.05) is 0 Å². The molecule has 0 aliphatic heterocycles. The molecule has 73 heavy (non-hydrogen) atoms. The van der Waals surface area contributed by atoms with Gasteiger partial charge in [-0.15, -0.1) is 0 Å². The van der Waals surface area contributed by atoms with Crippen LogP contribution >= 0.6 is 0 Å². The van der Waals surface area contributed by atoms with Gasteiger partial charge in [0.15, 0.2) is 0 Å². The highest BCUT2D eigenvalue weighted by Gasteiger charge is 2.19. The van der Waals surface area contributed by atoms with Crippen LogP contribution in [0.2, 0.25) is 0 Å². The Morgan fingerprint density at radius 3 is 1.38 bits per heavy atom. The molecule has 352 valence electrons. The standard InChI is InChI=1S/C44H28.C27H26.C2H6/c1-3-13-31-27-33(23-21-29(31)11-1)35-25-26-42(37-16-6-5-15-36(35)37)44-40-19-9-7-17-38(40)43(39-18-8-10-20-41(39)44)34-24-22-30-12-2-4-14-32(30)28-34;1-5-10-20(3)27(21(4)11-6-2)26-17-16-24-18-23(14-15-25(24)19-26)22-12-8-7-9-13-22;1-2/h1-28H;5-19H,1H2,2-4H3;1-2H3/b;11-6-,20-10+,27-21-;. The topological polar surface area (TPSA) is 0 Å². The highest BCUT2D eigenvalue weighted by molar-refractivity contribution is 6.24. The van der Waals surface area contributed by atoms with Gasteiger partial charge in [0.25, 0.3) is 0 Å². The van der Waals surface area contributed by atoms with E-state index in [4.69, 9.17) is 0 Å². The molecule has 0 spiro atoms. The molecule has 0 unspecified atom stereocenters. The summed E-state index contributed by atoms with van der Waals surface area (Å²) >= 11 is 0. The Morgan fingerprint density at radius 2 is 0.781 bits per heavy atom. The quantitative estimate of drug-likeness (QED) is 0.105. The third-order valence-electron chi connectivity index (χ3n) is 14.0. The predicted octanol–water partition coefficient (Wildman–Crippen LogP) is 21.5. The Labute approximate surface area is 431 Å². The van der Waals surface area contributed by atoms with E-state index >= 15 is 0 Å². The van der Waals surface area contributed by atoms with Crippen LogP contribution in [-0.4, -0.2) is 0 Å². The molecule has 0 saturated carbocycles. The summed E-state index contributed by atoms with van der Waals surface area (Å²) in [5.74, 6) is 0. The molecule has 0 fully saturated rings. The fourth-order valence-corrected chi connectivity index (χ4v) is 10.8. The molecule has 0 saturated heterocycles. The van der Waals surface area contributed by atoms with Gasteiger partial charge in [0.05, 0.1) is 0 Å². The van der Waals surface area contributed by atoms with Gasteiger partial charge in [0, 0.05) is 0 Å².